The normalized spacial score (nSPS) is 11.0. The van der Waals surface area contributed by atoms with E-state index in [1.165, 1.54) is 32.0 Å². The Kier molecular flexibility index (Phi) is 5.90. The van der Waals surface area contributed by atoms with Gasteiger partial charge in [-0.2, -0.15) is 0 Å². The van der Waals surface area contributed by atoms with Crippen LogP contribution in [0.15, 0.2) is 120 Å². The Morgan fingerprint density at radius 1 is 0.389 bits per heavy atom. The maximum Gasteiger partial charge on any atom is 0.115 e. The molecule has 0 bridgehead atoms. The highest BCUT2D eigenvalue weighted by Crippen LogP contribution is 2.49. The fourth-order valence-corrected chi connectivity index (χ4v) is 6.54. The van der Waals surface area contributed by atoms with E-state index in [0.717, 1.165) is 22.3 Å². The molecule has 0 atom stereocenters. The van der Waals surface area contributed by atoms with Gasteiger partial charge in [-0.05, 0) is 69.4 Å². The van der Waals surface area contributed by atoms with Gasteiger partial charge in [-0.25, -0.2) is 0 Å². The molecule has 4 aromatic carbocycles. The van der Waals surface area contributed by atoms with Gasteiger partial charge in [0.05, 0.1) is 0 Å². The number of hydrogen-bond donors (Lipinski definition) is 2. The summed E-state index contributed by atoms with van der Waals surface area (Å²) in [7, 11) is 0. The van der Waals surface area contributed by atoms with Crippen LogP contribution in [-0.2, 0) is 0 Å². The van der Waals surface area contributed by atoms with E-state index in [2.05, 4.69) is 65.4 Å². The lowest BCUT2D eigenvalue weighted by atomic mass is 9.89. The average molecular weight is 503 g/mol. The van der Waals surface area contributed by atoms with Crippen LogP contribution in [0.25, 0.3) is 54.3 Å². The van der Waals surface area contributed by atoms with Crippen molar-refractivity contribution in [3.63, 3.8) is 0 Å². The molecule has 2 N–H and O–H groups in total. The molecule has 0 saturated carbocycles. The quantitative estimate of drug-likeness (QED) is 0.246. The van der Waals surface area contributed by atoms with Gasteiger partial charge in [0.25, 0.3) is 0 Å². The second kappa shape index (κ2) is 9.50. The molecule has 2 heterocycles. The molecule has 0 aliphatic heterocycles. The molecule has 0 fully saturated rings. The number of aromatic hydroxyl groups is 2. The molecule has 0 unspecified atom stereocenters. The van der Waals surface area contributed by atoms with Gasteiger partial charge >= 0.3 is 0 Å². The van der Waals surface area contributed by atoms with Gasteiger partial charge in [-0.1, -0.05) is 72.8 Å². The van der Waals surface area contributed by atoms with E-state index in [4.69, 9.17) is 0 Å². The summed E-state index contributed by atoms with van der Waals surface area (Å²) >= 11 is 3.46. The van der Waals surface area contributed by atoms with Crippen molar-refractivity contribution in [1.82, 2.24) is 0 Å². The minimum Gasteiger partial charge on any atom is -0.508 e. The van der Waals surface area contributed by atoms with Crippen molar-refractivity contribution in [3.05, 3.63) is 120 Å². The first-order valence-corrected chi connectivity index (χ1v) is 13.4. The number of thiophene rings is 2. The van der Waals surface area contributed by atoms with E-state index in [9.17, 15) is 10.2 Å². The van der Waals surface area contributed by atoms with Gasteiger partial charge in [-0.3, -0.25) is 0 Å². The molecule has 6 rings (SSSR count). The first-order chi connectivity index (χ1) is 17.7. The Morgan fingerprint density at radius 3 is 1.50 bits per heavy atom. The zero-order chi connectivity index (χ0) is 24.5. The molecule has 0 saturated heterocycles. The summed E-state index contributed by atoms with van der Waals surface area (Å²) in [6.45, 7) is 0. The monoisotopic (exact) mass is 502 g/mol. The summed E-state index contributed by atoms with van der Waals surface area (Å²) in [5.74, 6) is 0.525. The lowest BCUT2D eigenvalue weighted by Gasteiger charge is -2.17. The number of phenolic OH excluding ortho intramolecular Hbond substituents is 2. The molecule has 2 nitrogen and oxygen atoms in total. The van der Waals surface area contributed by atoms with Crippen molar-refractivity contribution in [3.8, 4) is 65.8 Å². The van der Waals surface area contributed by atoms with Crippen molar-refractivity contribution in [2.24, 2.45) is 0 Å². The maximum atomic E-state index is 9.85. The second-order valence-corrected chi connectivity index (χ2v) is 10.3. The highest BCUT2D eigenvalue weighted by Gasteiger charge is 2.21. The lowest BCUT2D eigenvalue weighted by molar-refractivity contribution is 0.475. The van der Waals surface area contributed by atoms with Gasteiger partial charge in [-0.15, -0.1) is 22.7 Å². The predicted octanol–water partition coefficient (Wildman–Crippen LogP) is 9.56. The maximum absolute atomic E-state index is 9.85. The third-order valence-electron chi connectivity index (χ3n) is 6.31. The van der Waals surface area contributed by atoms with Crippen LogP contribution in [0.2, 0.25) is 0 Å². The molecule has 0 aliphatic rings. The van der Waals surface area contributed by atoms with E-state index in [1.54, 1.807) is 46.9 Å². The SMILES string of the molecule is Oc1ccc(-c2ccsc2-c2cccc(-c3ccccc3)c2-c2sccc2-c2ccc(O)cc2)cc1. The highest BCUT2D eigenvalue weighted by atomic mass is 32.1. The zero-order valence-corrected chi connectivity index (χ0v) is 20.9. The highest BCUT2D eigenvalue weighted by molar-refractivity contribution is 7.15. The van der Waals surface area contributed by atoms with Crippen LogP contribution in [0.5, 0.6) is 11.5 Å². The topological polar surface area (TPSA) is 40.5 Å². The molecule has 4 heteroatoms. The number of phenols is 2. The minimum atomic E-state index is 0.262. The van der Waals surface area contributed by atoms with Crippen LogP contribution in [0.1, 0.15) is 0 Å². The standard InChI is InChI=1S/C32H22O2S2/c33-24-13-9-22(10-14-24)27-17-19-35-31(27)29-8-4-7-26(21-5-2-1-3-6-21)30(29)32-28(18-20-36-32)23-11-15-25(34)16-12-23/h1-20,33-34H. The van der Waals surface area contributed by atoms with Crippen LogP contribution in [0, 0.1) is 0 Å². The van der Waals surface area contributed by atoms with E-state index in [-0.39, 0.29) is 11.5 Å². The first kappa shape index (κ1) is 22.4. The van der Waals surface area contributed by atoms with Gasteiger partial charge in [0, 0.05) is 32.0 Å². The summed E-state index contributed by atoms with van der Waals surface area (Å²) < 4.78 is 0. The van der Waals surface area contributed by atoms with Crippen LogP contribution in [-0.4, -0.2) is 10.2 Å². The average Bonchev–Trinajstić information content (AvgIpc) is 3.60. The number of benzene rings is 4. The number of hydrogen-bond acceptors (Lipinski definition) is 4. The van der Waals surface area contributed by atoms with Gasteiger partial charge < -0.3 is 10.2 Å². The van der Waals surface area contributed by atoms with E-state index >= 15 is 0 Å². The van der Waals surface area contributed by atoms with Crippen LogP contribution in [0.3, 0.4) is 0 Å². The molecule has 0 aliphatic carbocycles. The first-order valence-electron chi connectivity index (χ1n) is 11.6. The van der Waals surface area contributed by atoms with Crippen LogP contribution >= 0.6 is 22.7 Å². The van der Waals surface area contributed by atoms with Gasteiger partial charge in [0.2, 0.25) is 0 Å². The minimum absolute atomic E-state index is 0.262. The molecule has 36 heavy (non-hydrogen) atoms. The Morgan fingerprint density at radius 2 is 0.889 bits per heavy atom. The molecular formula is C32H22O2S2. The molecule has 0 spiro atoms. The van der Waals surface area contributed by atoms with Crippen molar-refractivity contribution < 1.29 is 10.2 Å². The summed E-state index contributed by atoms with van der Waals surface area (Å²) in [6.07, 6.45) is 0. The summed E-state index contributed by atoms with van der Waals surface area (Å²) in [6, 6.07) is 36.2. The number of rotatable bonds is 5. The molecule has 0 radical (unpaired) electrons. The van der Waals surface area contributed by atoms with Crippen molar-refractivity contribution in [2.75, 3.05) is 0 Å². The van der Waals surface area contributed by atoms with E-state index in [0.29, 0.717) is 0 Å². The third-order valence-corrected chi connectivity index (χ3v) is 8.19. The van der Waals surface area contributed by atoms with E-state index in [1.807, 2.05) is 30.3 Å². The van der Waals surface area contributed by atoms with Crippen LogP contribution < -0.4 is 0 Å². The summed E-state index contributed by atoms with van der Waals surface area (Å²) in [5, 5.41) is 23.9. The largest absolute Gasteiger partial charge is 0.508 e. The van der Waals surface area contributed by atoms with Crippen molar-refractivity contribution >= 4 is 22.7 Å². The molecule has 0 amide bonds. The fourth-order valence-electron chi connectivity index (χ4n) is 4.60. The third kappa shape index (κ3) is 4.11. The molecule has 6 aromatic rings. The Bertz CT molecular complexity index is 1630. The zero-order valence-electron chi connectivity index (χ0n) is 19.3. The van der Waals surface area contributed by atoms with Crippen molar-refractivity contribution in [2.45, 2.75) is 0 Å². The molecule has 2 aromatic heterocycles. The smallest absolute Gasteiger partial charge is 0.115 e. The molecule has 174 valence electrons. The Labute approximate surface area is 218 Å². The van der Waals surface area contributed by atoms with Crippen molar-refractivity contribution in [1.29, 1.82) is 0 Å². The summed E-state index contributed by atoms with van der Waals surface area (Å²) in [5.41, 5.74) is 9.17. The van der Waals surface area contributed by atoms with Crippen LogP contribution in [0.4, 0.5) is 0 Å². The Balaban J connectivity index is 1.62. The lowest BCUT2D eigenvalue weighted by Crippen LogP contribution is -1.90. The Hall–Kier alpha value is -4.12. The van der Waals surface area contributed by atoms with Gasteiger partial charge in [0.1, 0.15) is 11.5 Å². The fraction of sp³-hybridized carbons (Fsp3) is 0. The molecular weight excluding hydrogens is 480 g/mol. The van der Waals surface area contributed by atoms with Gasteiger partial charge in [0.15, 0.2) is 0 Å². The second-order valence-electron chi connectivity index (χ2n) is 8.51. The predicted molar refractivity (Wildman–Crippen MR) is 153 cm³/mol. The summed E-state index contributed by atoms with van der Waals surface area (Å²) in [4.78, 5) is 2.39. The van der Waals surface area contributed by atoms with E-state index < -0.39 is 0 Å².